The van der Waals surface area contributed by atoms with Crippen LogP contribution in [0.15, 0.2) is 102 Å². The molecule has 1 atom stereocenters. The number of amides is 2. The average Bonchev–Trinajstić information content (AvgIpc) is 3.03. The molecule has 0 heterocycles. The number of carbonyl (C=O) groups excluding carboxylic acids is 2. The van der Waals surface area contributed by atoms with Crippen LogP contribution < -0.4 is 9.62 Å². The van der Waals surface area contributed by atoms with Crippen molar-refractivity contribution in [1.82, 2.24) is 10.2 Å². The van der Waals surface area contributed by atoms with Gasteiger partial charge < -0.3 is 10.2 Å². The van der Waals surface area contributed by atoms with E-state index in [9.17, 15) is 18.0 Å². The summed E-state index contributed by atoms with van der Waals surface area (Å²) in [6.07, 6.45) is 0.198. The van der Waals surface area contributed by atoms with Crippen LogP contribution in [0, 0.1) is 12.8 Å². The lowest BCUT2D eigenvalue weighted by atomic mass is 10.0. The van der Waals surface area contributed by atoms with E-state index in [4.69, 9.17) is 34.8 Å². The van der Waals surface area contributed by atoms with Gasteiger partial charge in [0, 0.05) is 24.5 Å². The van der Waals surface area contributed by atoms with Gasteiger partial charge in [-0.25, -0.2) is 8.42 Å². The molecule has 0 saturated carbocycles. The van der Waals surface area contributed by atoms with Crippen LogP contribution in [-0.4, -0.2) is 44.3 Å². The van der Waals surface area contributed by atoms with E-state index in [1.54, 1.807) is 54.6 Å². The highest BCUT2D eigenvalue weighted by Crippen LogP contribution is 2.28. The molecule has 1 N–H and O–H groups in total. The minimum Gasteiger partial charge on any atom is -0.354 e. The van der Waals surface area contributed by atoms with Gasteiger partial charge in [-0.15, -0.1) is 0 Å². The van der Waals surface area contributed by atoms with Gasteiger partial charge in [0.05, 0.1) is 20.6 Å². The third-order valence-electron chi connectivity index (χ3n) is 7.30. The molecule has 242 valence electrons. The molecule has 0 unspecified atom stereocenters. The van der Waals surface area contributed by atoms with E-state index < -0.39 is 28.5 Å². The number of nitrogens with one attached hydrogen (secondary N) is 1. The molecule has 2 amide bonds. The molecule has 0 aliphatic carbocycles. The summed E-state index contributed by atoms with van der Waals surface area (Å²) in [4.78, 5) is 29.8. The number of hydrogen-bond acceptors (Lipinski definition) is 4. The number of nitrogens with zero attached hydrogens (tertiary/aromatic N) is 2. The SMILES string of the molecule is Cc1ccc(S(=O)(=O)N(CC(=O)N(Cc2ccc(Cl)c(Cl)c2)[C@@H](Cc2ccccc2)C(=O)NCC(C)C)c2ccc(Cl)cc2)cc1. The Morgan fingerprint density at radius 1 is 0.804 bits per heavy atom. The Bertz CT molecular complexity index is 1750. The van der Waals surface area contributed by atoms with Crippen molar-refractivity contribution in [2.24, 2.45) is 5.92 Å². The average molecular weight is 701 g/mol. The molecule has 4 aromatic rings. The highest BCUT2D eigenvalue weighted by molar-refractivity contribution is 7.92. The van der Waals surface area contributed by atoms with Crippen LogP contribution in [0.2, 0.25) is 15.1 Å². The summed E-state index contributed by atoms with van der Waals surface area (Å²) >= 11 is 18.6. The lowest BCUT2D eigenvalue weighted by molar-refractivity contribution is -0.140. The van der Waals surface area contributed by atoms with Crippen LogP contribution in [0.3, 0.4) is 0 Å². The van der Waals surface area contributed by atoms with E-state index in [-0.39, 0.29) is 35.4 Å². The number of sulfonamides is 1. The maximum atomic E-state index is 14.5. The summed E-state index contributed by atoms with van der Waals surface area (Å²) in [7, 11) is -4.22. The zero-order valence-corrected chi connectivity index (χ0v) is 28.9. The second-order valence-electron chi connectivity index (χ2n) is 11.4. The molecule has 0 aromatic heterocycles. The highest BCUT2D eigenvalue weighted by Gasteiger charge is 2.34. The minimum absolute atomic E-state index is 0.0207. The van der Waals surface area contributed by atoms with Crippen LogP contribution in [-0.2, 0) is 32.6 Å². The maximum absolute atomic E-state index is 14.5. The number of hydrogen-bond donors (Lipinski definition) is 1. The van der Waals surface area contributed by atoms with Crippen molar-refractivity contribution in [3.05, 3.63) is 129 Å². The number of halogens is 3. The first-order valence-corrected chi connectivity index (χ1v) is 17.3. The third kappa shape index (κ3) is 9.26. The molecule has 0 bridgehead atoms. The quantitative estimate of drug-likeness (QED) is 0.156. The Balaban J connectivity index is 1.81. The summed E-state index contributed by atoms with van der Waals surface area (Å²) in [5.74, 6) is -0.775. The summed E-state index contributed by atoms with van der Waals surface area (Å²) in [6.45, 7) is 5.60. The van der Waals surface area contributed by atoms with Gasteiger partial charge in [0.15, 0.2) is 0 Å². The van der Waals surface area contributed by atoms with Crippen molar-refractivity contribution in [3.8, 4) is 0 Å². The zero-order chi connectivity index (χ0) is 33.4. The number of rotatable bonds is 13. The van der Waals surface area contributed by atoms with Gasteiger partial charge in [0.25, 0.3) is 10.0 Å². The topological polar surface area (TPSA) is 86.8 Å². The summed E-state index contributed by atoms with van der Waals surface area (Å²) in [6, 6.07) is 26.0. The predicted molar refractivity (Wildman–Crippen MR) is 186 cm³/mol. The van der Waals surface area contributed by atoms with Gasteiger partial charge in [-0.1, -0.05) is 103 Å². The first kappa shape index (κ1) is 35.3. The lowest BCUT2D eigenvalue weighted by Gasteiger charge is -2.34. The van der Waals surface area contributed by atoms with Gasteiger partial charge in [0.2, 0.25) is 11.8 Å². The largest absolute Gasteiger partial charge is 0.354 e. The summed E-state index contributed by atoms with van der Waals surface area (Å²) in [5.41, 5.74) is 2.59. The molecule has 7 nitrogen and oxygen atoms in total. The molecule has 4 aromatic carbocycles. The van der Waals surface area contributed by atoms with Crippen molar-refractivity contribution < 1.29 is 18.0 Å². The van der Waals surface area contributed by atoms with Crippen molar-refractivity contribution in [3.63, 3.8) is 0 Å². The van der Waals surface area contributed by atoms with Crippen LogP contribution in [0.25, 0.3) is 0 Å². The Kier molecular flexibility index (Phi) is 12.1. The Morgan fingerprint density at radius 2 is 1.46 bits per heavy atom. The highest BCUT2D eigenvalue weighted by atomic mass is 35.5. The van der Waals surface area contributed by atoms with Crippen molar-refractivity contribution in [2.75, 3.05) is 17.4 Å². The summed E-state index contributed by atoms with van der Waals surface area (Å²) < 4.78 is 29.3. The van der Waals surface area contributed by atoms with Crippen LogP contribution >= 0.6 is 34.8 Å². The molecule has 0 radical (unpaired) electrons. The van der Waals surface area contributed by atoms with Gasteiger partial charge in [0.1, 0.15) is 12.6 Å². The molecule has 4 rings (SSSR count). The maximum Gasteiger partial charge on any atom is 0.264 e. The molecule has 46 heavy (non-hydrogen) atoms. The molecule has 11 heteroatoms. The molecular formula is C35H36Cl3N3O4S. The second kappa shape index (κ2) is 15.8. The summed E-state index contributed by atoms with van der Waals surface area (Å²) in [5, 5.41) is 4.02. The number of aryl methyl sites for hydroxylation is 1. The van der Waals surface area contributed by atoms with Gasteiger partial charge in [-0.3, -0.25) is 13.9 Å². The molecule has 0 saturated heterocycles. The molecule has 0 fully saturated rings. The standard InChI is InChI=1S/C35H36Cl3N3O4S/c1-24(2)21-39-35(43)33(20-26-7-5-4-6-8-26)40(22-27-11-18-31(37)32(38)19-27)34(42)23-41(29-14-12-28(36)13-15-29)46(44,45)30-16-9-25(3)10-17-30/h4-19,24,33H,20-23H2,1-3H3,(H,39,43)/t33-/m0/s1. The van der Waals surface area contributed by atoms with Gasteiger partial charge >= 0.3 is 0 Å². The van der Waals surface area contributed by atoms with E-state index in [1.807, 2.05) is 51.1 Å². The molecule has 0 spiro atoms. The van der Waals surface area contributed by atoms with E-state index in [2.05, 4.69) is 5.32 Å². The van der Waals surface area contributed by atoms with Crippen molar-refractivity contribution in [1.29, 1.82) is 0 Å². The van der Waals surface area contributed by atoms with E-state index in [1.165, 1.54) is 17.0 Å². The number of benzene rings is 4. The predicted octanol–water partition coefficient (Wildman–Crippen LogP) is 7.56. The van der Waals surface area contributed by atoms with E-state index >= 15 is 0 Å². The minimum atomic E-state index is -4.22. The smallest absolute Gasteiger partial charge is 0.264 e. The lowest BCUT2D eigenvalue weighted by Crippen LogP contribution is -2.53. The third-order valence-corrected chi connectivity index (χ3v) is 10.1. The fourth-order valence-electron chi connectivity index (χ4n) is 4.78. The zero-order valence-electron chi connectivity index (χ0n) is 25.8. The number of anilines is 1. The fraction of sp³-hybridized carbons (Fsp3) is 0.257. The van der Waals surface area contributed by atoms with Crippen LogP contribution in [0.1, 0.15) is 30.5 Å². The second-order valence-corrected chi connectivity index (χ2v) is 14.5. The van der Waals surface area contributed by atoms with Gasteiger partial charge in [-0.05, 0) is 72.5 Å². The Labute approximate surface area is 286 Å². The Morgan fingerprint density at radius 3 is 2.07 bits per heavy atom. The van der Waals surface area contributed by atoms with Gasteiger partial charge in [-0.2, -0.15) is 0 Å². The fourth-order valence-corrected chi connectivity index (χ4v) is 6.65. The van der Waals surface area contributed by atoms with E-state index in [0.717, 1.165) is 15.4 Å². The van der Waals surface area contributed by atoms with E-state index in [0.29, 0.717) is 27.2 Å². The molecular weight excluding hydrogens is 665 g/mol. The van der Waals surface area contributed by atoms with Crippen LogP contribution in [0.5, 0.6) is 0 Å². The first-order chi connectivity index (χ1) is 21.8. The Hall–Kier alpha value is -3.56. The molecule has 0 aliphatic rings. The first-order valence-electron chi connectivity index (χ1n) is 14.7. The van der Waals surface area contributed by atoms with Crippen molar-refractivity contribution in [2.45, 2.75) is 44.7 Å². The van der Waals surface area contributed by atoms with Crippen LogP contribution in [0.4, 0.5) is 5.69 Å². The van der Waals surface area contributed by atoms with Crippen molar-refractivity contribution >= 4 is 62.3 Å². The monoisotopic (exact) mass is 699 g/mol. The molecule has 0 aliphatic heterocycles. The normalized spacial score (nSPS) is 12.1. The number of carbonyl (C=O) groups is 2.